The lowest BCUT2D eigenvalue weighted by molar-refractivity contribution is 0.235. The Hall–Kier alpha value is -4.11. The summed E-state index contributed by atoms with van der Waals surface area (Å²) in [6.07, 6.45) is 5.20. The average molecular weight is 441 g/mol. The normalized spacial score (nSPS) is 11.5. The molecule has 0 aliphatic heterocycles. The summed E-state index contributed by atoms with van der Waals surface area (Å²) in [4.78, 5) is 22.2. The van der Waals surface area contributed by atoms with Crippen molar-refractivity contribution in [2.24, 2.45) is 0 Å². The fourth-order valence-electron chi connectivity index (χ4n) is 3.86. The largest absolute Gasteiger partial charge is 0.467 e. The quantitative estimate of drug-likeness (QED) is 0.394. The van der Waals surface area contributed by atoms with E-state index in [4.69, 9.17) is 4.42 Å². The highest BCUT2D eigenvalue weighted by molar-refractivity contribution is 5.79. The van der Waals surface area contributed by atoms with E-state index in [1.807, 2.05) is 55.6 Å². The van der Waals surface area contributed by atoms with Crippen LogP contribution in [-0.2, 0) is 26.2 Å². The summed E-state index contributed by atoms with van der Waals surface area (Å²) >= 11 is 0. The van der Waals surface area contributed by atoms with Crippen LogP contribution in [0.4, 0.5) is 0 Å². The van der Waals surface area contributed by atoms with Crippen molar-refractivity contribution in [1.82, 2.24) is 35.1 Å². The van der Waals surface area contributed by atoms with Crippen molar-refractivity contribution in [1.29, 1.82) is 0 Å². The first-order valence-corrected chi connectivity index (χ1v) is 10.7. The first-order valence-electron chi connectivity index (χ1n) is 10.7. The molecule has 9 heteroatoms. The van der Waals surface area contributed by atoms with E-state index in [0.29, 0.717) is 37.6 Å². The van der Waals surface area contributed by atoms with Crippen LogP contribution in [0.5, 0.6) is 0 Å². The maximum absolute atomic E-state index is 12.8. The van der Waals surface area contributed by atoms with Crippen molar-refractivity contribution >= 4 is 10.9 Å². The van der Waals surface area contributed by atoms with Gasteiger partial charge in [0.1, 0.15) is 12.3 Å². The Labute approximate surface area is 189 Å². The van der Waals surface area contributed by atoms with E-state index in [0.717, 1.165) is 27.8 Å². The van der Waals surface area contributed by atoms with Gasteiger partial charge < -0.3 is 9.40 Å². The molecule has 0 amide bonds. The molecule has 5 rings (SSSR count). The van der Waals surface area contributed by atoms with Crippen molar-refractivity contribution in [3.05, 3.63) is 106 Å². The molecule has 9 nitrogen and oxygen atoms in total. The number of nitrogens with one attached hydrogen (secondary N) is 1. The second kappa shape index (κ2) is 9.17. The number of benzene rings is 1. The topological polar surface area (TPSA) is 106 Å². The second-order valence-corrected chi connectivity index (χ2v) is 8.05. The third kappa shape index (κ3) is 4.88. The summed E-state index contributed by atoms with van der Waals surface area (Å²) in [7, 11) is 0. The number of fused-ring (bicyclic) bond motifs is 1. The summed E-state index contributed by atoms with van der Waals surface area (Å²) in [5.41, 5.74) is 3.59. The Morgan fingerprint density at radius 3 is 2.85 bits per heavy atom. The number of rotatable bonds is 8. The third-order valence-corrected chi connectivity index (χ3v) is 5.46. The number of aryl methyl sites for hydroxylation is 1. The molecule has 4 heterocycles. The Morgan fingerprint density at radius 2 is 2.03 bits per heavy atom. The maximum Gasteiger partial charge on any atom is 0.252 e. The molecule has 0 bridgehead atoms. The minimum absolute atomic E-state index is 0.0993. The number of hydrogen-bond acceptors (Lipinski definition) is 7. The molecule has 33 heavy (non-hydrogen) atoms. The van der Waals surface area contributed by atoms with Crippen molar-refractivity contribution in [2.45, 2.75) is 33.1 Å². The number of H-pyrrole nitrogens is 1. The number of nitrogens with zero attached hydrogens (tertiary/aromatic N) is 6. The molecule has 1 N–H and O–H groups in total. The second-order valence-electron chi connectivity index (χ2n) is 8.05. The van der Waals surface area contributed by atoms with E-state index in [1.165, 1.54) is 0 Å². The highest BCUT2D eigenvalue weighted by Gasteiger charge is 2.16. The molecule has 0 unspecified atom stereocenters. The lowest BCUT2D eigenvalue weighted by atomic mass is 10.1. The fraction of sp³-hybridized carbons (Fsp3) is 0.208. The molecule has 0 aliphatic carbocycles. The minimum atomic E-state index is -0.0993. The molecular weight excluding hydrogens is 418 g/mol. The number of pyridine rings is 2. The van der Waals surface area contributed by atoms with Gasteiger partial charge in [0.05, 0.1) is 12.8 Å². The van der Waals surface area contributed by atoms with Gasteiger partial charge in [0.2, 0.25) is 0 Å². The summed E-state index contributed by atoms with van der Waals surface area (Å²) in [6, 6.07) is 15.6. The number of tetrazole rings is 1. The smallest absolute Gasteiger partial charge is 0.252 e. The van der Waals surface area contributed by atoms with E-state index < -0.39 is 0 Å². The molecule has 5 aromatic rings. The zero-order valence-electron chi connectivity index (χ0n) is 18.2. The van der Waals surface area contributed by atoms with E-state index in [9.17, 15) is 4.79 Å². The van der Waals surface area contributed by atoms with E-state index in [2.05, 4.69) is 36.5 Å². The first-order chi connectivity index (χ1) is 16.1. The van der Waals surface area contributed by atoms with E-state index >= 15 is 0 Å². The molecule has 0 fully saturated rings. The van der Waals surface area contributed by atoms with Crippen LogP contribution >= 0.6 is 0 Å². The number of aromatic amines is 1. The van der Waals surface area contributed by atoms with Crippen LogP contribution in [-0.4, -0.2) is 35.1 Å². The van der Waals surface area contributed by atoms with E-state index in [1.54, 1.807) is 17.1 Å². The van der Waals surface area contributed by atoms with Crippen molar-refractivity contribution in [3.8, 4) is 0 Å². The predicted octanol–water partition coefficient (Wildman–Crippen LogP) is 3.06. The van der Waals surface area contributed by atoms with Crippen LogP contribution in [0.1, 0.15) is 28.3 Å². The van der Waals surface area contributed by atoms with Crippen molar-refractivity contribution in [3.63, 3.8) is 0 Å². The molecule has 0 spiro atoms. The Kier molecular flexibility index (Phi) is 5.77. The highest BCUT2D eigenvalue weighted by atomic mass is 16.3. The Morgan fingerprint density at radius 1 is 1.09 bits per heavy atom. The van der Waals surface area contributed by atoms with Gasteiger partial charge in [-0.1, -0.05) is 17.7 Å². The maximum atomic E-state index is 12.8. The van der Waals surface area contributed by atoms with Gasteiger partial charge in [0, 0.05) is 36.6 Å². The molecule has 0 aliphatic rings. The van der Waals surface area contributed by atoms with Gasteiger partial charge in [0.25, 0.3) is 5.56 Å². The van der Waals surface area contributed by atoms with Crippen LogP contribution in [0.15, 0.2) is 76.4 Å². The van der Waals surface area contributed by atoms with Crippen LogP contribution < -0.4 is 5.56 Å². The average Bonchev–Trinajstić information content (AvgIpc) is 3.48. The standard InChI is InChI=1S/C24H23N7O2/c1-17-6-7-22-19(10-17)11-20(24(32)26-22)14-30(13-18-4-2-8-25-12-18)16-23-27-28-29-31(23)15-21-5-3-9-33-21/h2-12H,13-16H2,1H3,(H,26,32). The van der Waals surface area contributed by atoms with E-state index in [-0.39, 0.29) is 5.56 Å². The fourth-order valence-corrected chi connectivity index (χ4v) is 3.86. The lowest BCUT2D eigenvalue weighted by Crippen LogP contribution is -2.28. The molecule has 0 atom stereocenters. The molecule has 0 saturated carbocycles. The molecule has 0 radical (unpaired) electrons. The van der Waals surface area contributed by atoms with Crippen molar-refractivity contribution in [2.75, 3.05) is 0 Å². The van der Waals surface area contributed by atoms with Gasteiger partial charge in [-0.3, -0.25) is 14.7 Å². The minimum Gasteiger partial charge on any atom is -0.467 e. The summed E-state index contributed by atoms with van der Waals surface area (Å²) in [5, 5.41) is 13.2. The van der Waals surface area contributed by atoms with Crippen LogP contribution in [0, 0.1) is 6.92 Å². The molecule has 0 saturated heterocycles. The molecule has 1 aromatic carbocycles. The third-order valence-electron chi connectivity index (χ3n) is 5.46. The lowest BCUT2D eigenvalue weighted by Gasteiger charge is -2.21. The number of aromatic nitrogens is 6. The molecular formula is C24H23N7O2. The van der Waals surface area contributed by atoms with Crippen LogP contribution in [0.2, 0.25) is 0 Å². The van der Waals surface area contributed by atoms with Crippen LogP contribution in [0.25, 0.3) is 10.9 Å². The number of furan rings is 1. The van der Waals surface area contributed by atoms with Gasteiger partial charge in [0.15, 0.2) is 5.82 Å². The Bertz CT molecular complexity index is 1410. The van der Waals surface area contributed by atoms with Gasteiger partial charge >= 0.3 is 0 Å². The SMILES string of the molecule is Cc1ccc2[nH]c(=O)c(CN(Cc3cccnc3)Cc3nnnn3Cc3ccco3)cc2c1. The van der Waals surface area contributed by atoms with Gasteiger partial charge in [-0.05, 0) is 64.7 Å². The monoisotopic (exact) mass is 441 g/mol. The van der Waals surface area contributed by atoms with Gasteiger partial charge in [-0.15, -0.1) is 5.10 Å². The summed E-state index contributed by atoms with van der Waals surface area (Å²) in [5.74, 6) is 1.45. The highest BCUT2D eigenvalue weighted by Crippen LogP contribution is 2.16. The zero-order chi connectivity index (χ0) is 22.6. The summed E-state index contributed by atoms with van der Waals surface area (Å²) < 4.78 is 7.15. The predicted molar refractivity (Wildman–Crippen MR) is 122 cm³/mol. The number of hydrogen-bond donors (Lipinski definition) is 1. The molecule has 4 aromatic heterocycles. The van der Waals surface area contributed by atoms with Crippen molar-refractivity contribution < 1.29 is 4.42 Å². The van der Waals surface area contributed by atoms with Gasteiger partial charge in [-0.2, -0.15) is 0 Å². The van der Waals surface area contributed by atoms with Crippen LogP contribution in [0.3, 0.4) is 0 Å². The first kappa shape index (κ1) is 20.8. The zero-order valence-corrected chi connectivity index (χ0v) is 18.2. The Balaban J connectivity index is 1.44. The molecule has 166 valence electrons. The van der Waals surface area contributed by atoms with Gasteiger partial charge in [-0.25, -0.2) is 4.68 Å². The summed E-state index contributed by atoms with van der Waals surface area (Å²) in [6.45, 7) is 3.95.